The highest BCUT2D eigenvalue weighted by Gasteiger charge is 2.06. The van der Waals surface area contributed by atoms with Gasteiger partial charge in [0.05, 0.1) is 0 Å². The normalized spacial score (nSPS) is 12.2. The van der Waals surface area contributed by atoms with Crippen molar-refractivity contribution in [1.29, 1.82) is 0 Å². The molecular formula is C14H16ClN3. The summed E-state index contributed by atoms with van der Waals surface area (Å²) >= 11 is 5.82. The Morgan fingerprint density at radius 3 is 2.61 bits per heavy atom. The first-order chi connectivity index (χ1) is 8.65. The Hall–Kier alpha value is -1.61. The first-order valence-electron chi connectivity index (χ1n) is 5.95. The lowest BCUT2D eigenvalue weighted by Crippen LogP contribution is -2.11. The molecule has 0 aliphatic carbocycles. The molecule has 0 fully saturated rings. The van der Waals surface area contributed by atoms with Crippen LogP contribution >= 0.6 is 11.6 Å². The summed E-state index contributed by atoms with van der Waals surface area (Å²) in [6.45, 7) is 4.90. The SMILES string of the molecule is Cc1cc(NCC(C)c2ccccc2)nc(Cl)n1. The van der Waals surface area contributed by atoms with Crippen LogP contribution in [0.2, 0.25) is 5.28 Å². The van der Waals surface area contributed by atoms with E-state index in [4.69, 9.17) is 11.6 Å². The molecule has 4 heteroatoms. The van der Waals surface area contributed by atoms with Gasteiger partial charge < -0.3 is 5.32 Å². The second kappa shape index (κ2) is 5.83. The molecule has 0 saturated heterocycles. The van der Waals surface area contributed by atoms with Crippen LogP contribution in [0.3, 0.4) is 0 Å². The molecule has 1 atom stereocenters. The molecule has 1 aromatic carbocycles. The molecule has 1 heterocycles. The minimum absolute atomic E-state index is 0.282. The van der Waals surface area contributed by atoms with Gasteiger partial charge in [0.25, 0.3) is 0 Å². The van der Waals surface area contributed by atoms with Crippen molar-refractivity contribution in [2.45, 2.75) is 19.8 Å². The van der Waals surface area contributed by atoms with Gasteiger partial charge in [-0.25, -0.2) is 9.97 Å². The third-order valence-corrected chi connectivity index (χ3v) is 2.95. The zero-order valence-corrected chi connectivity index (χ0v) is 11.3. The van der Waals surface area contributed by atoms with Gasteiger partial charge >= 0.3 is 0 Å². The van der Waals surface area contributed by atoms with Gasteiger partial charge in [-0.2, -0.15) is 0 Å². The van der Waals surface area contributed by atoms with Crippen LogP contribution in [-0.2, 0) is 0 Å². The summed E-state index contributed by atoms with van der Waals surface area (Å²) in [5.41, 5.74) is 2.17. The Morgan fingerprint density at radius 1 is 1.22 bits per heavy atom. The average molecular weight is 262 g/mol. The highest BCUT2D eigenvalue weighted by Crippen LogP contribution is 2.16. The Kier molecular flexibility index (Phi) is 4.15. The van der Waals surface area contributed by atoms with Crippen LogP contribution in [0.15, 0.2) is 36.4 Å². The minimum atomic E-state index is 0.282. The Morgan fingerprint density at radius 2 is 1.94 bits per heavy atom. The second-order valence-corrected chi connectivity index (χ2v) is 4.69. The van der Waals surface area contributed by atoms with Crippen LogP contribution in [0.4, 0.5) is 5.82 Å². The summed E-state index contributed by atoms with van der Waals surface area (Å²) in [6.07, 6.45) is 0. The maximum atomic E-state index is 5.82. The van der Waals surface area contributed by atoms with Crippen molar-refractivity contribution in [3.63, 3.8) is 0 Å². The molecule has 0 aliphatic rings. The van der Waals surface area contributed by atoms with E-state index in [-0.39, 0.29) is 5.28 Å². The summed E-state index contributed by atoms with van der Waals surface area (Å²) in [7, 11) is 0. The molecule has 3 nitrogen and oxygen atoms in total. The van der Waals surface area contributed by atoms with Gasteiger partial charge in [0.15, 0.2) is 0 Å². The number of benzene rings is 1. The van der Waals surface area contributed by atoms with E-state index in [1.807, 2.05) is 19.1 Å². The van der Waals surface area contributed by atoms with E-state index in [1.54, 1.807) is 0 Å². The predicted octanol–water partition coefficient (Wildman–Crippen LogP) is 3.65. The van der Waals surface area contributed by atoms with Gasteiger partial charge in [-0.05, 0) is 30.0 Å². The summed E-state index contributed by atoms with van der Waals surface area (Å²) in [6, 6.07) is 12.3. The van der Waals surface area contributed by atoms with Crippen LogP contribution in [-0.4, -0.2) is 16.5 Å². The third-order valence-electron chi connectivity index (χ3n) is 2.78. The quantitative estimate of drug-likeness (QED) is 0.854. The number of nitrogens with one attached hydrogen (secondary N) is 1. The molecule has 0 aliphatic heterocycles. The van der Waals surface area contributed by atoms with E-state index in [1.165, 1.54) is 5.56 Å². The highest BCUT2D eigenvalue weighted by molar-refractivity contribution is 6.28. The molecule has 1 unspecified atom stereocenters. The van der Waals surface area contributed by atoms with E-state index < -0.39 is 0 Å². The third kappa shape index (κ3) is 3.44. The number of hydrogen-bond acceptors (Lipinski definition) is 3. The topological polar surface area (TPSA) is 37.8 Å². The second-order valence-electron chi connectivity index (χ2n) is 4.36. The smallest absolute Gasteiger partial charge is 0.224 e. The fourth-order valence-electron chi connectivity index (χ4n) is 1.78. The van der Waals surface area contributed by atoms with Crippen molar-refractivity contribution >= 4 is 17.4 Å². The van der Waals surface area contributed by atoms with Crippen molar-refractivity contribution < 1.29 is 0 Å². The molecule has 0 amide bonds. The number of anilines is 1. The van der Waals surface area contributed by atoms with Crippen molar-refractivity contribution in [2.75, 3.05) is 11.9 Å². The van der Waals surface area contributed by atoms with Crippen LogP contribution < -0.4 is 5.32 Å². The fourth-order valence-corrected chi connectivity index (χ4v) is 2.00. The Balaban J connectivity index is 1.99. The first kappa shape index (κ1) is 12.8. The van der Waals surface area contributed by atoms with E-state index in [2.05, 4.69) is 46.5 Å². The molecule has 2 rings (SSSR count). The van der Waals surface area contributed by atoms with Crippen molar-refractivity contribution in [1.82, 2.24) is 9.97 Å². The largest absolute Gasteiger partial charge is 0.369 e. The lowest BCUT2D eigenvalue weighted by atomic mass is 10.0. The number of aromatic nitrogens is 2. The fraction of sp³-hybridized carbons (Fsp3) is 0.286. The number of hydrogen-bond donors (Lipinski definition) is 1. The van der Waals surface area contributed by atoms with Crippen LogP contribution in [0, 0.1) is 6.92 Å². The van der Waals surface area contributed by atoms with Gasteiger partial charge in [-0.15, -0.1) is 0 Å². The maximum Gasteiger partial charge on any atom is 0.224 e. The van der Waals surface area contributed by atoms with Crippen molar-refractivity contribution in [2.24, 2.45) is 0 Å². The molecule has 0 radical (unpaired) electrons. The number of aryl methyl sites for hydroxylation is 1. The zero-order chi connectivity index (χ0) is 13.0. The van der Waals surface area contributed by atoms with Gasteiger partial charge in [-0.1, -0.05) is 37.3 Å². The molecule has 94 valence electrons. The van der Waals surface area contributed by atoms with E-state index in [9.17, 15) is 0 Å². The van der Waals surface area contributed by atoms with Gasteiger partial charge in [0, 0.05) is 18.3 Å². The zero-order valence-electron chi connectivity index (χ0n) is 10.5. The van der Waals surface area contributed by atoms with Crippen LogP contribution in [0.1, 0.15) is 24.1 Å². The van der Waals surface area contributed by atoms with Gasteiger partial charge in [-0.3, -0.25) is 0 Å². The Bertz CT molecular complexity index is 493. The van der Waals surface area contributed by atoms with E-state index >= 15 is 0 Å². The average Bonchev–Trinajstić information content (AvgIpc) is 2.36. The number of nitrogens with zero attached hydrogens (tertiary/aromatic N) is 2. The predicted molar refractivity (Wildman–Crippen MR) is 75.1 cm³/mol. The van der Waals surface area contributed by atoms with Crippen LogP contribution in [0.25, 0.3) is 0 Å². The first-order valence-corrected chi connectivity index (χ1v) is 6.33. The lowest BCUT2D eigenvalue weighted by Gasteiger charge is -2.13. The molecule has 18 heavy (non-hydrogen) atoms. The van der Waals surface area contributed by atoms with Gasteiger partial charge in [0.2, 0.25) is 5.28 Å². The maximum absolute atomic E-state index is 5.82. The van der Waals surface area contributed by atoms with E-state index in [0.717, 1.165) is 18.1 Å². The van der Waals surface area contributed by atoms with E-state index in [0.29, 0.717) is 5.92 Å². The summed E-state index contributed by atoms with van der Waals surface area (Å²) in [5, 5.41) is 3.57. The molecule has 2 aromatic rings. The Labute approximate surface area is 112 Å². The summed E-state index contributed by atoms with van der Waals surface area (Å²) in [4.78, 5) is 8.18. The van der Waals surface area contributed by atoms with Crippen molar-refractivity contribution in [3.05, 3.63) is 52.9 Å². The van der Waals surface area contributed by atoms with Crippen molar-refractivity contribution in [3.8, 4) is 0 Å². The van der Waals surface area contributed by atoms with Gasteiger partial charge in [0.1, 0.15) is 5.82 Å². The van der Waals surface area contributed by atoms with Crippen LogP contribution in [0.5, 0.6) is 0 Å². The molecule has 1 aromatic heterocycles. The molecule has 0 bridgehead atoms. The monoisotopic (exact) mass is 261 g/mol. The standard InChI is InChI=1S/C14H16ClN3/c1-10(12-6-4-3-5-7-12)9-16-13-8-11(2)17-14(15)18-13/h3-8,10H,9H2,1-2H3,(H,16,17,18). The molecule has 0 spiro atoms. The molecular weight excluding hydrogens is 246 g/mol. The number of rotatable bonds is 4. The minimum Gasteiger partial charge on any atom is -0.369 e. The summed E-state index contributed by atoms with van der Waals surface area (Å²) in [5.74, 6) is 1.19. The molecule has 0 saturated carbocycles. The summed E-state index contributed by atoms with van der Waals surface area (Å²) < 4.78 is 0. The lowest BCUT2D eigenvalue weighted by molar-refractivity contribution is 0.800. The molecule has 1 N–H and O–H groups in total. The highest BCUT2D eigenvalue weighted by atomic mass is 35.5. The number of halogens is 1.